The summed E-state index contributed by atoms with van der Waals surface area (Å²) in [6.45, 7) is 6.00. The van der Waals surface area contributed by atoms with Crippen LogP contribution in [0.4, 0.5) is 0 Å². The minimum Gasteiger partial charge on any atom is -0.314 e. The molecule has 0 spiro atoms. The topological polar surface area (TPSA) is 24.1 Å². The third-order valence-corrected chi connectivity index (χ3v) is 4.95. The normalized spacial score (nSPS) is 30.0. The molecule has 1 saturated carbocycles. The largest absolute Gasteiger partial charge is 0.314 e. The zero-order valence-electron chi connectivity index (χ0n) is 12.4. The Labute approximate surface area is 113 Å². The van der Waals surface area contributed by atoms with Gasteiger partial charge in [0.05, 0.1) is 0 Å². The Hall–Kier alpha value is -0.0800. The molecule has 1 heterocycles. The van der Waals surface area contributed by atoms with E-state index in [9.17, 15) is 0 Å². The van der Waals surface area contributed by atoms with Gasteiger partial charge in [-0.1, -0.05) is 25.7 Å². The van der Waals surface area contributed by atoms with Crippen LogP contribution in [0, 0.1) is 5.92 Å². The van der Waals surface area contributed by atoms with Crippen LogP contribution in [0.3, 0.4) is 0 Å². The maximum absolute atomic E-state index is 3.85. The minimum atomic E-state index is 0.663. The van der Waals surface area contributed by atoms with Crippen molar-refractivity contribution in [2.45, 2.75) is 89.8 Å². The lowest BCUT2D eigenvalue weighted by molar-refractivity contribution is 0.318. The first-order valence-electron chi connectivity index (χ1n) is 8.25. The second-order valence-corrected chi connectivity index (χ2v) is 6.64. The Morgan fingerprint density at radius 2 is 1.72 bits per heavy atom. The summed E-state index contributed by atoms with van der Waals surface area (Å²) in [7, 11) is 0. The Morgan fingerprint density at radius 3 is 2.50 bits per heavy atom. The van der Waals surface area contributed by atoms with Crippen LogP contribution >= 0.6 is 0 Å². The number of nitrogens with one attached hydrogen (secondary N) is 2. The summed E-state index contributed by atoms with van der Waals surface area (Å²) >= 11 is 0. The van der Waals surface area contributed by atoms with E-state index >= 15 is 0 Å². The van der Waals surface area contributed by atoms with Crippen LogP contribution in [-0.4, -0.2) is 24.7 Å². The lowest BCUT2D eigenvalue weighted by Gasteiger charge is -2.27. The molecule has 2 aliphatic rings. The zero-order valence-corrected chi connectivity index (χ0v) is 12.4. The fraction of sp³-hybridized carbons (Fsp3) is 1.00. The van der Waals surface area contributed by atoms with Gasteiger partial charge >= 0.3 is 0 Å². The molecule has 2 rings (SSSR count). The van der Waals surface area contributed by atoms with Crippen LogP contribution in [0.1, 0.15) is 71.6 Å². The third kappa shape index (κ3) is 4.55. The molecule has 18 heavy (non-hydrogen) atoms. The zero-order chi connectivity index (χ0) is 12.8. The Bertz CT molecular complexity index is 211. The molecule has 0 bridgehead atoms. The summed E-state index contributed by atoms with van der Waals surface area (Å²) in [6, 6.07) is 2.13. The van der Waals surface area contributed by atoms with E-state index in [2.05, 4.69) is 24.5 Å². The molecule has 2 nitrogen and oxygen atoms in total. The highest BCUT2D eigenvalue weighted by Crippen LogP contribution is 2.27. The van der Waals surface area contributed by atoms with Gasteiger partial charge in [-0.3, -0.25) is 0 Å². The number of rotatable bonds is 5. The molecule has 0 aromatic heterocycles. The van der Waals surface area contributed by atoms with Gasteiger partial charge in [0.1, 0.15) is 0 Å². The van der Waals surface area contributed by atoms with Crippen molar-refractivity contribution in [3.8, 4) is 0 Å². The summed E-state index contributed by atoms with van der Waals surface area (Å²) in [6.07, 6.45) is 12.7. The molecular formula is C16H32N2. The smallest absolute Gasteiger partial charge is 0.00817 e. The van der Waals surface area contributed by atoms with Crippen molar-refractivity contribution in [2.24, 2.45) is 5.92 Å². The summed E-state index contributed by atoms with van der Waals surface area (Å²) in [5.41, 5.74) is 0. The summed E-state index contributed by atoms with van der Waals surface area (Å²) < 4.78 is 0. The standard InChI is InChI=1S/C16H32N2/c1-13(12-16-10-4-3-7-11-17-16)18-14(2)15-8-5-6-9-15/h13-18H,3-12H2,1-2H3/t13?,14-,16?/m0/s1. The van der Waals surface area contributed by atoms with E-state index in [0.29, 0.717) is 12.1 Å². The van der Waals surface area contributed by atoms with Gasteiger partial charge in [-0.05, 0) is 58.4 Å². The molecular weight excluding hydrogens is 220 g/mol. The molecule has 106 valence electrons. The first-order chi connectivity index (χ1) is 8.75. The Balaban J connectivity index is 1.68. The molecule has 0 amide bonds. The monoisotopic (exact) mass is 252 g/mol. The third-order valence-electron chi connectivity index (χ3n) is 4.95. The van der Waals surface area contributed by atoms with Crippen molar-refractivity contribution in [3.63, 3.8) is 0 Å². The molecule has 1 aliphatic carbocycles. The summed E-state index contributed by atoms with van der Waals surface area (Å²) in [4.78, 5) is 0. The van der Waals surface area contributed by atoms with E-state index in [1.165, 1.54) is 64.3 Å². The second-order valence-electron chi connectivity index (χ2n) is 6.64. The average Bonchev–Trinajstić information content (AvgIpc) is 2.76. The first kappa shape index (κ1) is 14.3. The van der Waals surface area contributed by atoms with Gasteiger partial charge in [-0.25, -0.2) is 0 Å². The molecule has 0 aromatic carbocycles. The van der Waals surface area contributed by atoms with Gasteiger partial charge in [-0.15, -0.1) is 0 Å². The van der Waals surface area contributed by atoms with Gasteiger partial charge in [0, 0.05) is 18.1 Å². The molecule has 0 aromatic rings. The van der Waals surface area contributed by atoms with Crippen molar-refractivity contribution in [1.29, 1.82) is 0 Å². The Kier molecular flexibility index (Phi) is 5.97. The van der Waals surface area contributed by atoms with Crippen LogP contribution in [0.5, 0.6) is 0 Å². The molecule has 1 aliphatic heterocycles. The van der Waals surface area contributed by atoms with E-state index in [1.807, 2.05) is 0 Å². The maximum Gasteiger partial charge on any atom is 0.00817 e. The van der Waals surface area contributed by atoms with Gasteiger partial charge in [-0.2, -0.15) is 0 Å². The van der Waals surface area contributed by atoms with Crippen molar-refractivity contribution >= 4 is 0 Å². The predicted octanol–water partition coefficient (Wildman–Crippen LogP) is 3.47. The van der Waals surface area contributed by atoms with E-state index in [1.54, 1.807) is 0 Å². The minimum absolute atomic E-state index is 0.663. The van der Waals surface area contributed by atoms with E-state index < -0.39 is 0 Å². The van der Waals surface area contributed by atoms with Crippen molar-refractivity contribution in [3.05, 3.63) is 0 Å². The quantitative estimate of drug-likeness (QED) is 0.783. The molecule has 2 N–H and O–H groups in total. The fourth-order valence-electron chi connectivity index (χ4n) is 3.84. The highest BCUT2D eigenvalue weighted by Gasteiger charge is 2.23. The van der Waals surface area contributed by atoms with Crippen molar-refractivity contribution in [2.75, 3.05) is 6.54 Å². The van der Waals surface area contributed by atoms with Gasteiger partial charge in [0.2, 0.25) is 0 Å². The average molecular weight is 252 g/mol. The molecule has 2 heteroatoms. The van der Waals surface area contributed by atoms with E-state index in [0.717, 1.165) is 12.0 Å². The molecule has 0 radical (unpaired) electrons. The van der Waals surface area contributed by atoms with E-state index in [4.69, 9.17) is 0 Å². The highest BCUT2D eigenvalue weighted by atomic mass is 15.0. The SMILES string of the molecule is CC(CC1CCCCCN1)N[C@@H](C)C1CCCC1. The Morgan fingerprint density at radius 1 is 1.00 bits per heavy atom. The lowest BCUT2D eigenvalue weighted by Crippen LogP contribution is -2.42. The van der Waals surface area contributed by atoms with Gasteiger partial charge in [0.25, 0.3) is 0 Å². The maximum atomic E-state index is 3.85. The van der Waals surface area contributed by atoms with Crippen LogP contribution in [0.25, 0.3) is 0 Å². The summed E-state index contributed by atoms with van der Waals surface area (Å²) in [5.74, 6) is 0.939. The second kappa shape index (κ2) is 7.49. The van der Waals surface area contributed by atoms with Crippen LogP contribution in [-0.2, 0) is 0 Å². The molecule has 1 saturated heterocycles. The van der Waals surface area contributed by atoms with Gasteiger partial charge < -0.3 is 10.6 Å². The highest BCUT2D eigenvalue weighted by molar-refractivity contribution is 4.82. The van der Waals surface area contributed by atoms with E-state index in [-0.39, 0.29) is 0 Å². The van der Waals surface area contributed by atoms with Gasteiger partial charge in [0.15, 0.2) is 0 Å². The van der Waals surface area contributed by atoms with Crippen LogP contribution < -0.4 is 10.6 Å². The van der Waals surface area contributed by atoms with Crippen LogP contribution in [0.2, 0.25) is 0 Å². The van der Waals surface area contributed by atoms with Crippen LogP contribution in [0.15, 0.2) is 0 Å². The number of hydrogen-bond donors (Lipinski definition) is 2. The molecule has 2 unspecified atom stereocenters. The molecule has 2 fully saturated rings. The molecule has 3 atom stereocenters. The van der Waals surface area contributed by atoms with Crippen molar-refractivity contribution < 1.29 is 0 Å². The van der Waals surface area contributed by atoms with Crippen molar-refractivity contribution in [1.82, 2.24) is 10.6 Å². The number of hydrogen-bond acceptors (Lipinski definition) is 2. The lowest BCUT2D eigenvalue weighted by atomic mass is 9.97. The fourth-order valence-corrected chi connectivity index (χ4v) is 3.84. The first-order valence-corrected chi connectivity index (χ1v) is 8.25. The summed E-state index contributed by atoms with van der Waals surface area (Å²) in [5, 5.41) is 7.56. The predicted molar refractivity (Wildman–Crippen MR) is 78.9 cm³/mol.